The molecule has 264 valence electrons. The molecule has 5 nitrogen and oxygen atoms in total. The van der Waals surface area contributed by atoms with Gasteiger partial charge in [0.1, 0.15) is 29.1 Å². The fourth-order valence-electron chi connectivity index (χ4n) is 7.64. The summed E-state index contributed by atoms with van der Waals surface area (Å²) >= 11 is 0. The number of benzene rings is 4. The standard InChI is InChI=1S/C41H44F4N2O3/c42-33-9-1-27(2-10-33)37(25-46-21-17-31(18-22-46)39(48)29-5-13-35(44)14-6-29)41(50)38(28-3-11-34(43)12-4-28)26-47-23-19-32(20-24-47)40(49)30-7-15-36(45)16-8-30/h1-16,31-32,37-40,48-49H,17-26H2. The summed E-state index contributed by atoms with van der Waals surface area (Å²) in [5.74, 6) is -2.70. The first-order chi connectivity index (χ1) is 24.1. The first-order valence-electron chi connectivity index (χ1n) is 17.5. The first-order valence-corrected chi connectivity index (χ1v) is 17.5. The maximum absolute atomic E-state index is 14.7. The van der Waals surface area contributed by atoms with Gasteiger partial charge in [0.2, 0.25) is 0 Å². The van der Waals surface area contributed by atoms with Gasteiger partial charge in [0.25, 0.3) is 0 Å². The summed E-state index contributed by atoms with van der Waals surface area (Å²) in [7, 11) is 0. The van der Waals surface area contributed by atoms with Crippen LogP contribution in [0.4, 0.5) is 17.6 Å². The van der Waals surface area contributed by atoms with Crippen LogP contribution in [0.1, 0.15) is 72.0 Å². The topological polar surface area (TPSA) is 64.0 Å². The van der Waals surface area contributed by atoms with Crippen molar-refractivity contribution < 1.29 is 32.6 Å². The van der Waals surface area contributed by atoms with Crippen LogP contribution in [0.5, 0.6) is 0 Å². The van der Waals surface area contributed by atoms with E-state index in [4.69, 9.17) is 0 Å². The number of aliphatic hydroxyl groups excluding tert-OH is 2. The van der Waals surface area contributed by atoms with Crippen LogP contribution in [0.3, 0.4) is 0 Å². The summed E-state index contributed by atoms with van der Waals surface area (Å²) in [5, 5.41) is 22.0. The largest absolute Gasteiger partial charge is 0.388 e. The van der Waals surface area contributed by atoms with Crippen LogP contribution in [0.2, 0.25) is 0 Å². The Labute approximate surface area is 291 Å². The minimum atomic E-state index is -0.712. The van der Waals surface area contributed by atoms with Gasteiger partial charge in [-0.2, -0.15) is 0 Å². The van der Waals surface area contributed by atoms with Gasteiger partial charge < -0.3 is 20.0 Å². The minimum Gasteiger partial charge on any atom is -0.388 e. The zero-order valence-electron chi connectivity index (χ0n) is 28.0. The highest BCUT2D eigenvalue weighted by Gasteiger charge is 2.35. The van der Waals surface area contributed by atoms with E-state index < -0.39 is 35.7 Å². The number of hydrogen-bond donors (Lipinski definition) is 2. The summed E-state index contributed by atoms with van der Waals surface area (Å²) in [4.78, 5) is 19.2. The van der Waals surface area contributed by atoms with Crippen LogP contribution < -0.4 is 0 Å². The van der Waals surface area contributed by atoms with Crippen molar-refractivity contribution in [3.05, 3.63) is 143 Å². The average Bonchev–Trinajstić information content (AvgIpc) is 3.14. The minimum absolute atomic E-state index is 0.00634. The Morgan fingerprint density at radius 1 is 0.500 bits per heavy atom. The molecular formula is C41H44F4N2O3. The smallest absolute Gasteiger partial charge is 0.150 e. The van der Waals surface area contributed by atoms with Crippen LogP contribution in [-0.4, -0.2) is 65.1 Å². The maximum Gasteiger partial charge on any atom is 0.150 e. The van der Waals surface area contributed by atoms with E-state index in [1.54, 1.807) is 48.5 Å². The molecule has 0 spiro atoms. The van der Waals surface area contributed by atoms with Crippen molar-refractivity contribution in [2.24, 2.45) is 11.8 Å². The number of carbonyl (C=O) groups excluding carboxylic acids is 1. The molecule has 4 unspecified atom stereocenters. The van der Waals surface area contributed by atoms with Crippen molar-refractivity contribution in [3.8, 4) is 0 Å². The normalized spacial score (nSPS) is 19.2. The number of Topliss-reactive ketones (excluding diaryl/α,β-unsaturated/α-hetero) is 1. The second-order valence-electron chi connectivity index (χ2n) is 13.9. The first kappa shape index (κ1) is 35.9. The van der Waals surface area contributed by atoms with Crippen LogP contribution in [0.15, 0.2) is 97.1 Å². The molecule has 0 amide bonds. The lowest BCUT2D eigenvalue weighted by molar-refractivity contribution is -0.123. The third-order valence-electron chi connectivity index (χ3n) is 10.7. The molecule has 2 fully saturated rings. The molecular weight excluding hydrogens is 644 g/mol. The molecule has 2 aliphatic heterocycles. The summed E-state index contributed by atoms with van der Waals surface area (Å²) in [5.41, 5.74) is 2.77. The second kappa shape index (κ2) is 16.4. The molecule has 0 aliphatic carbocycles. The van der Waals surface area contributed by atoms with Gasteiger partial charge in [-0.05, 0) is 134 Å². The van der Waals surface area contributed by atoms with Gasteiger partial charge in [0, 0.05) is 13.1 Å². The fourth-order valence-corrected chi connectivity index (χ4v) is 7.64. The number of likely N-dealkylation sites (tertiary alicyclic amines) is 2. The molecule has 2 N–H and O–H groups in total. The molecule has 0 bridgehead atoms. The van der Waals surface area contributed by atoms with Crippen molar-refractivity contribution in [1.82, 2.24) is 9.80 Å². The molecule has 4 aromatic carbocycles. The van der Waals surface area contributed by atoms with Crippen molar-refractivity contribution in [1.29, 1.82) is 0 Å². The monoisotopic (exact) mass is 688 g/mol. The van der Waals surface area contributed by atoms with Crippen molar-refractivity contribution >= 4 is 5.78 Å². The molecule has 0 saturated carbocycles. The highest BCUT2D eigenvalue weighted by Crippen LogP contribution is 2.36. The van der Waals surface area contributed by atoms with Gasteiger partial charge in [0.05, 0.1) is 24.0 Å². The molecule has 2 aliphatic rings. The van der Waals surface area contributed by atoms with E-state index in [-0.39, 0.29) is 29.3 Å². The van der Waals surface area contributed by atoms with E-state index >= 15 is 0 Å². The number of hydrogen-bond acceptors (Lipinski definition) is 5. The number of aliphatic hydroxyl groups is 2. The maximum atomic E-state index is 14.7. The molecule has 0 radical (unpaired) electrons. The zero-order chi connectivity index (χ0) is 35.2. The van der Waals surface area contributed by atoms with Crippen molar-refractivity contribution in [2.45, 2.75) is 49.7 Å². The Bertz CT molecular complexity index is 1540. The lowest BCUT2D eigenvalue weighted by Crippen LogP contribution is -2.43. The Morgan fingerprint density at radius 2 is 0.760 bits per heavy atom. The lowest BCUT2D eigenvalue weighted by atomic mass is 9.81. The molecule has 4 atom stereocenters. The highest BCUT2D eigenvalue weighted by atomic mass is 19.1. The number of piperidine rings is 2. The Hall–Kier alpha value is -3.89. The molecule has 2 saturated heterocycles. The van der Waals surface area contributed by atoms with Gasteiger partial charge in [-0.3, -0.25) is 4.79 Å². The lowest BCUT2D eigenvalue weighted by Gasteiger charge is -2.38. The van der Waals surface area contributed by atoms with Crippen molar-refractivity contribution in [3.63, 3.8) is 0 Å². The van der Waals surface area contributed by atoms with Crippen LogP contribution in [0.25, 0.3) is 0 Å². The van der Waals surface area contributed by atoms with Crippen LogP contribution >= 0.6 is 0 Å². The van der Waals surface area contributed by atoms with Gasteiger partial charge >= 0.3 is 0 Å². The average molecular weight is 689 g/mol. The quantitative estimate of drug-likeness (QED) is 0.151. The molecule has 6 rings (SSSR count). The Balaban J connectivity index is 1.17. The predicted molar refractivity (Wildman–Crippen MR) is 184 cm³/mol. The number of nitrogens with zero attached hydrogens (tertiary/aromatic N) is 2. The second-order valence-corrected chi connectivity index (χ2v) is 13.9. The summed E-state index contributed by atoms with van der Waals surface area (Å²) in [6, 6.07) is 24.0. The Kier molecular flexibility index (Phi) is 11.8. The molecule has 50 heavy (non-hydrogen) atoms. The van der Waals surface area contributed by atoms with Gasteiger partial charge in [-0.25, -0.2) is 17.6 Å². The third-order valence-corrected chi connectivity index (χ3v) is 10.7. The van der Waals surface area contributed by atoms with E-state index in [0.717, 1.165) is 0 Å². The van der Waals surface area contributed by atoms with Crippen LogP contribution in [-0.2, 0) is 4.79 Å². The SMILES string of the molecule is O=C(C(CN1CCC(C(O)c2ccc(F)cc2)CC1)c1ccc(F)cc1)C(CN1CCC(C(O)c2ccc(F)cc2)CC1)c1ccc(F)cc1. The fraction of sp³-hybridized carbons (Fsp3) is 0.390. The highest BCUT2D eigenvalue weighted by molar-refractivity contribution is 5.92. The van der Waals surface area contributed by atoms with Gasteiger partial charge in [-0.1, -0.05) is 48.5 Å². The van der Waals surface area contributed by atoms with Crippen molar-refractivity contribution in [2.75, 3.05) is 39.3 Å². The Morgan fingerprint density at radius 3 is 1.04 bits per heavy atom. The van der Waals surface area contributed by atoms with E-state index in [1.165, 1.54) is 48.5 Å². The molecule has 2 heterocycles. The molecule has 9 heteroatoms. The summed E-state index contributed by atoms with van der Waals surface area (Å²) < 4.78 is 55.0. The number of halogens is 4. The number of rotatable bonds is 12. The van der Waals surface area contributed by atoms with E-state index in [0.29, 0.717) is 87.2 Å². The molecule has 4 aromatic rings. The van der Waals surface area contributed by atoms with E-state index in [1.807, 2.05) is 0 Å². The van der Waals surface area contributed by atoms with Gasteiger partial charge in [0.15, 0.2) is 0 Å². The summed E-state index contributed by atoms with van der Waals surface area (Å²) in [6.07, 6.45) is 1.37. The van der Waals surface area contributed by atoms with Gasteiger partial charge in [-0.15, -0.1) is 0 Å². The zero-order valence-corrected chi connectivity index (χ0v) is 28.0. The van der Waals surface area contributed by atoms with E-state index in [9.17, 15) is 32.6 Å². The number of carbonyl (C=O) groups is 1. The predicted octanol–water partition coefficient (Wildman–Crippen LogP) is 7.57. The molecule has 0 aromatic heterocycles. The number of ketones is 1. The third kappa shape index (κ3) is 8.87. The summed E-state index contributed by atoms with van der Waals surface area (Å²) in [6.45, 7) is 3.43. The van der Waals surface area contributed by atoms with E-state index in [2.05, 4.69) is 9.80 Å². The van der Waals surface area contributed by atoms with Crippen LogP contribution in [0, 0.1) is 35.1 Å².